The minimum Gasteiger partial charge on any atom is -0.479 e. The normalized spacial score (nSPS) is 32.7. The minimum atomic E-state index is -1.77. The fourth-order valence-corrected chi connectivity index (χ4v) is 7.28. The zero-order chi connectivity index (χ0) is 18.1. The highest BCUT2D eigenvalue weighted by Crippen LogP contribution is 2.64. The number of nitrogens with zero attached hydrogens (tertiary/aromatic N) is 1. The van der Waals surface area contributed by atoms with Crippen LogP contribution in [-0.2, 0) is 14.3 Å². The van der Waals surface area contributed by atoms with E-state index in [2.05, 4.69) is 6.58 Å². The van der Waals surface area contributed by atoms with Crippen LogP contribution in [0.25, 0.3) is 0 Å². The molecule has 10 heteroatoms. The number of β-lactam (4-membered cyclic amide) rings is 1. The quantitative estimate of drug-likeness (QED) is 0.319. The Labute approximate surface area is 147 Å². The smallest absolute Gasteiger partial charge is 0.404 e. The lowest BCUT2D eigenvalue weighted by molar-refractivity contribution is -0.175. The van der Waals surface area contributed by atoms with Crippen molar-refractivity contribution >= 4 is 41.5 Å². The van der Waals surface area contributed by atoms with E-state index in [1.165, 1.54) is 35.3 Å². The highest BCUT2D eigenvalue weighted by atomic mass is 32.2. The van der Waals surface area contributed by atoms with Gasteiger partial charge in [-0.25, -0.2) is 9.59 Å². The fraction of sp³-hybridized carbons (Fsp3) is 0.643. The van der Waals surface area contributed by atoms with Crippen LogP contribution in [0.3, 0.4) is 0 Å². The predicted molar refractivity (Wildman–Crippen MR) is 90.4 cm³/mol. The van der Waals surface area contributed by atoms with Crippen LogP contribution in [0.4, 0.5) is 4.79 Å². The van der Waals surface area contributed by atoms with Crippen molar-refractivity contribution in [2.24, 2.45) is 5.73 Å². The molecule has 0 radical (unpaired) electrons. The number of ether oxygens (including phenoxy) is 1. The number of carboxylic acids is 1. The van der Waals surface area contributed by atoms with Gasteiger partial charge in [-0.05, 0) is 13.3 Å². The SMILES string of the molecule is C=CCC1(SCCOC(N)=O)S[C@@H]2CC(=O)N2C1(C(=O)O)C(C)O. The molecule has 0 saturated carbocycles. The Hall–Kier alpha value is -1.39. The Bertz CT molecular complexity index is 571. The van der Waals surface area contributed by atoms with E-state index in [4.69, 9.17) is 10.5 Å². The number of carboxylic acid groups (broad SMARTS) is 1. The first-order valence-electron chi connectivity index (χ1n) is 7.31. The zero-order valence-corrected chi connectivity index (χ0v) is 14.8. The number of aliphatic hydroxyl groups excluding tert-OH is 1. The number of nitrogens with two attached hydrogens (primary N) is 1. The summed E-state index contributed by atoms with van der Waals surface area (Å²) in [6.07, 6.45) is -0.126. The van der Waals surface area contributed by atoms with Gasteiger partial charge in [0, 0.05) is 5.75 Å². The lowest BCUT2D eigenvalue weighted by atomic mass is 9.82. The molecular weight excluding hydrogens is 356 g/mol. The summed E-state index contributed by atoms with van der Waals surface area (Å²) in [6.45, 7) is 5.07. The maximum absolute atomic E-state index is 12.2. The summed E-state index contributed by atoms with van der Waals surface area (Å²) in [5.74, 6) is -1.28. The number of hydrogen-bond acceptors (Lipinski definition) is 7. The van der Waals surface area contributed by atoms with Crippen LogP contribution in [0.2, 0.25) is 0 Å². The minimum absolute atomic E-state index is 0.00751. The third-order valence-corrected chi connectivity index (χ3v) is 7.66. The molecule has 0 aromatic heterocycles. The standard InChI is InChI=1S/C14H20N2O6S2/c1-3-4-13(23-6-5-22-12(15)21)14(8(2)17,11(19)20)16-9(18)7-10(16)24-13/h3,8,10,17H,1,4-7H2,2H3,(H2,15,21)(H,19,20)/t8?,10-,13?,14?/m1/s1. The molecule has 2 heterocycles. The molecule has 2 amide bonds. The molecule has 134 valence electrons. The summed E-state index contributed by atoms with van der Waals surface area (Å²) in [7, 11) is 0. The molecule has 0 spiro atoms. The number of thioether (sulfide) groups is 2. The second kappa shape index (κ2) is 6.85. The van der Waals surface area contributed by atoms with Crippen LogP contribution in [0.5, 0.6) is 0 Å². The number of allylic oxidation sites excluding steroid dienone is 1. The van der Waals surface area contributed by atoms with E-state index in [9.17, 15) is 24.6 Å². The van der Waals surface area contributed by atoms with Gasteiger partial charge in [0.25, 0.3) is 0 Å². The van der Waals surface area contributed by atoms with Crippen molar-refractivity contribution in [3.63, 3.8) is 0 Å². The van der Waals surface area contributed by atoms with Gasteiger partial charge in [-0.1, -0.05) is 6.08 Å². The molecule has 8 nitrogen and oxygen atoms in total. The number of aliphatic carboxylic acids is 1. The van der Waals surface area contributed by atoms with Gasteiger partial charge < -0.3 is 25.6 Å². The number of carbonyl (C=O) groups is 3. The van der Waals surface area contributed by atoms with Gasteiger partial charge in [0.15, 0.2) is 5.54 Å². The third kappa shape index (κ3) is 2.66. The monoisotopic (exact) mass is 376 g/mol. The van der Waals surface area contributed by atoms with Gasteiger partial charge in [-0.15, -0.1) is 30.1 Å². The molecule has 24 heavy (non-hydrogen) atoms. The Morgan fingerprint density at radius 3 is 2.79 bits per heavy atom. The molecule has 2 fully saturated rings. The van der Waals surface area contributed by atoms with E-state index in [0.717, 1.165) is 0 Å². The second-order valence-corrected chi connectivity index (χ2v) is 8.68. The molecule has 2 saturated heterocycles. The van der Waals surface area contributed by atoms with E-state index >= 15 is 0 Å². The highest BCUT2D eigenvalue weighted by Gasteiger charge is 2.74. The van der Waals surface area contributed by atoms with Crippen LogP contribution in [0.15, 0.2) is 12.7 Å². The summed E-state index contributed by atoms with van der Waals surface area (Å²) in [5, 5.41) is 20.0. The van der Waals surface area contributed by atoms with Crippen molar-refractivity contribution in [2.45, 2.75) is 40.9 Å². The maximum Gasteiger partial charge on any atom is 0.404 e. The Morgan fingerprint density at radius 1 is 1.67 bits per heavy atom. The number of fused-ring (bicyclic) bond motifs is 1. The lowest BCUT2D eigenvalue weighted by Crippen LogP contribution is -2.72. The Balaban J connectivity index is 2.38. The van der Waals surface area contributed by atoms with Gasteiger partial charge in [-0.2, -0.15) is 0 Å². The molecule has 4 N–H and O–H groups in total. The van der Waals surface area contributed by atoms with Crippen molar-refractivity contribution < 1.29 is 29.3 Å². The number of hydrogen-bond donors (Lipinski definition) is 3. The van der Waals surface area contributed by atoms with Crippen LogP contribution in [0, 0.1) is 0 Å². The van der Waals surface area contributed by atoms with Gasteiger partial charge in [-0.3, -0.25) is 4.79 Å². The molecule has 0 aliphatic carbocycles. The van der Waals surface area contributed by atoms with Crippen LogP contribution in [-0.4, -0.2) is 66.5 Å². The van der Waals surface area contributed by atoms with Crippen LogP contribution in [0.1, 0.15) is 19.8 Å². The highest BCUT2D eigenvalue weighted by molar-refractivity contribution is 8.19. The van der Waals surface area contributed by atoms with Crippen molar-refractivity contribution in [3.8, 4) is 0 Å². The molecule has 2 aliphatic rings. The van der Waals surface area contributed by atoms with Crippen molar-refractivity contribution in [2.75, 3.05) is 12.4 Å². The molecule has 2 rings (SSSR count). The number of primary amides is 1. The molecule has 0 aromatic carbocycles. The summed E-state index contributed by atoms with van der Waals surface area (Å²) >= 11 is 2.58. The van der Waals surface area contributed by atoms with E-state index in [1.54, 1.807) is 6.08 Å². The first-order chi connectivity index (χ1) is 11.2. The topological polar surface area (TPSA) is 130 Å². The summed E-state index contributed by atoms with van der Waals surface area (Å²) in [5.41, 5.74) is 3.15. The summed E-state index contributed by atoms with van der Waals surface area (Å²) < 4.78 is 3.66. The lowest BCUT2D eigenvalue weighted by Gasteiger charge is -2.49. The van der Waals surface area contributed by atoms with Gasteiger partial charge in [0.1, 0.15) is 10.7 Å². The predicted octanol–water partition coefficient (Wildman–Crippen LogP) is 0.597. The first-order valence-corrected chi connectivity index (χ1v) is 9.18. The van der Waals surface area contributed by atoms with Crippen LogP contribution < -0.4 is 5.73 Å². The number of aliphatic hydroxyl groups is 1. The van der Waals surface area contributed by atoms with E-state index in [0.29, 0.717) is 0 Å². The van der Waals surface area contributed by atoms with Gasteiger partial charge in [0.05, 0.1) is 17.9 Å². The van der Waals surface area contributed by atoms with Crippen LogP contribution >= 0.6 is 23.5 Å². The number of carbonyl (C=O) groups excluding carboxylic acids is 2. The Kier molecular flexibility index (Phi) is 5.41. The summed E-state index contributed by atoms with van der Waals surface area (Å²) in [6, 6.07) is 0. The molecule has 4 atom stereocenters. The molecular formula is C14H20N2O6S2. The van der Waals surface area contributed by atoms with Gasteiger partial charge >= 0.3 is 12.1 Å². The van der Waals surface area contributed by atoms with E-state index in [1.807, 2.05) is 0 Å². The average molecular weight is 376 g/mol. The molecule has 0 aromatic rings. The maximum atomic E-state index is 12.2. The number of amides is 2. The molecule has 0 bridgehead atoms. The van der Waals surface area contributed by atoms with E-state index < -0.39 is 27.8 Å². The van der Waals surface area contributed by atoms with Crippen molar-refractivity contribution in [1.82, 2.24) is 4.90 Å². The van der Waals surface area contributed by atoms with Crippen molar-refractivity contribution in [3.05, 3.63) is 12.7 Å². The van der Waals surface area contributed by atoms with Crippen molar-refractivity contribution in [1.29, 1.82) is 0 Å². The molecule has 2 aliphatic heterocycles. The zero-order valence-electron chi connectivity index (χ0n) is 13.1. The number of rotatable bonds is 8. The van der Waals surface area contributed by atoms with E-state index in [-0.39, 0.29) is 36.5 Å². The fourth-order valence-electron chi connectivity index (χ4n) is 3.31. The molecule has 3 unspecified atom stereocenters. The first kappa shape index (κ1) is 18.9. The average Bonchev–Trinajstić information content (AvgIpc) is 2.70. The Morgan fingerprint density at radius 2 is 2.33 bits per heavy atom. The third-order valence-electron chi connectivity index (χ3n) is 4.20. The largest absolute Gasteiger partial charge is 0.479 e. The van der Waals surface area contributed by atoms with Gasteiger partial charge in [0.2, 0.25) is 5.91 Å². The second-order valence-electron chi connectivity index (χ2n) is 5.55. The summed E-state index contributed by atoms with van der Waals surface area (Å²) in [4.78, 5) is 36.2.